The molecule has 0 spiro atoms. The highest BCUT2D eigenvalue weighted by Crippen LogP contribution is 2.28. The Morgan fingerprint density at radius 1 is 1.08 bits per heavy atom. The van der Waals surface area contributed by atoms with Crippen molar-refractivity contribution in [1.82, 2.24) is 24.6 Å². The summed E-state index contributed by atoms with van der Waals surface area (Å²) in [6, 6.07) is 17.5. The third-order valence-electron chi connectivity index (χ3n) is 6.69. The van der Waals surface area contributed by atoms with E-state index in [1.807, 2.05) is 49.4 Å². The van der Waals surface area contributed by atoms with E-state index in [1.54, 1.807) is 10.9 Å². The lowest BCUT2D eigenvalue weighted by atomic mass is 9.98. The summed E-state index contributed by atoms with van der Waals surface area (Å²) < 4.78 is 7.36. The first-order chi connectivity index (χ1) is 17.5. The highest BCUT2D eigenvalue weighted by atomic mass is 16.5. The molecule has 3 N–H and O–H groups in total. The van der Waals surface area contributed by atoms with Gasteiger partial charge in [-0.25, -0.2) is 9.67 Å². The highest BCUT2D eigenvalue weighted by molar-refractivity contribution is 6.12. The first-order valence-corrected chi connectivity index (χ1v) is 11.9. The number of H-pyrrole nitrogens is 1. The van der Waals surface area contributed by atoms with E-state index in [-0.39, 0.29) is 11.6 Å². The Hall–Kier alpha value is -4.43. The molecule has 0 bridgehead atoms. The highest BCUT2D eigenvalue weighted by Gasteiger charge is 2.22. The number of nitrogens with zero attached hydrogens (tertiary/aromatic N) is 4. The molecule has 3 aromatic heterocycles. The summed E-state index contributed by atoms with van der Waals surface area (Å²) in [4.78, 5) is 23.4. The number of likely N-dealkylation sites (N-methyl/N-ethyl adjacent to an activating group) is 1. The van der Waals surface area contributed by atoms with Crippen molar-refractivity contribution >= 4 is 22.5 Å². The summed E-state index contributed by atoms with van der Waals surface area (Å²) in [6.07, 6.45) is 4.17. The van der Waals surface area contributed by atoms with E-state index >= 15 is 0 Å². The lowest BCUT2D eigenvalue weighted by Crippen LogP contribution is -2.26. The van der Waals surface area contributed by atoms with Crippen molar-refractivity contribution in [1.29, 1.82) is 0 Å². The number of carbonyl (C=O) groups is 1. The molecule has 180 valence electrons. The average Bonchev–Trinajstić information content (AvgIpc) is 3.46. The molecule has 0 atom stereocenters. The van der Waals surface area contributed by atoms with Gasteiger partial charge in [0.15, 0.2) is 0 Å². The van der Waals surface area contributed by atoms with Crippen molar-refractivity contribution in [3.63, 3.8) is 0 Å². The van der Waals surface area contributed by atoms with Gasteiger partial charge in [-0.1, -0.05) is 18.2 Å². The number of fused-ring (bicyclic) bond motifs is 2. The first-order valence-electron chi connectivity index (χ1n) is 11.9. The molecular formula is C28H26N6O2. The predicted octanol–water partition coefficient (Wildman–Crippen LogP) is 4.65. The number of pyridine rings is 1. The smallest absolute Gasteiger partial charge is 0.219 e. The zero-order valence-electron chi connectivity index (χ0n) is 20.2. The number of aromatic nitrogens is 4. The van der Waals surface area contributed by atoms with Crippen LogP contribution in [0.15, 0.2) is 67.0 Å². The molecule has 0 saturated heterocycles. The molecule has 8 heteroatoms. The van der Waals surface area contributed by atoms with Crippen LogP contribution in [-0.4, -0.2) is 44.0 Å². The SMILES string of the molecule is Cc1cc(Oc2ccccc2)ncc1-n1ncc(C(=O)c2cc3cc4c(cc3[nH]2)CN(C)CC4)c1N. The second-order valence-electron chi connectivity index (χ2n) is 9.29. The van der Waals surface area contributed by atoms with Gasteiger partial charge in [0.2, 0.25) is 11.7 Å². The number of anilines is 1. The van der Waals surface area contributed by atoms with Crippen molar-refractivity contribution in [3.8, 4) is 17.3 Å². The molecule has 0 unspecified atom stereocenters. The molecule has 0 aliphatic carbocycles. The van der Waals surface area contributed by atoms with Gasteiger partial charge in [-0.2, -0.15) is 5.10 Å². The molecule has 5 aromatic rings. The lowest BCUT2D eigenvalue weighted by molar-refractivity contribution is 0.103. The number of para-hydroxylation sites is 1. The Labute approximate surface area is 208 Å². The Morgan fingerprint density at radius 2 is 1.92 bits per heavy atom. The number of hydrogen-bond donors (Lipinski definition) is 2. The molecular weight excluding hydrogens is 452 g/mol. The standard InChI is InChI=1S/C28H26N6O2/c1-17-10-26(36-21-6-4-3-5-7-21)30-15-25(17)34-28(29)22(14-31-34)27(35)24-12-19-11-18-8-9-33(2)16-20(18)13-23(19)32-24/h3-7,10-15,32H,8-9,16,29H2,1-2H3. The largest absolute Gasteiger partial charge is 0.439 e. The third kappa shape index (κ3) is 3.91. The number of aromatic amines is 1. The van der Waals surface area contributed by atoms with Crippen molar-refractivity contribution in [2.24, 2.45) is 0 Å². The molecule has 6 rings (SSSR count). The second-order valence-corrected chi connectivity index (χ2v) is 9.29. The van der Waals surface area contributed by atoms with Crippen molar-refractivity contribution in [3.05, 3.63) is 94.9 Å². The number of nitrogens with one attached hydrogen (secondary N) is 1. The Kier molecular flexibility index (Phi) is 5.30. The van der Waals surface area contributed by atoms with Crippen LogP contribution in [0.4, 0.5) is 5.82 Å². The topological polar surface area (TPSA) is 102 Å². The van der Waals surface area contributed by atoms with Gasteiger partial charge in [0, 0.05) is 30.1 Å². The van der Waals surface area contributed by atoms with Crippen LogP contribution < -0.4 is 10.5 Å². The Bertz CT molecular complexity index is 1600. The van der Waals surface area contributed by atoms with Crippen LogP contribution in [0, 0.1) is 6.92 Å². The zero-order chi connectivity index (χ0) is 24.8. The monoisotopic (exact) mass is 478 g/mol. The average molecular weight is 479 g/mol. The number of ketones is 1. The van der Waals surface area contributed by atoms with Crippen LogP contribution in [-0.2, 0) is 13.0 Å². The van der Waals surface area contributed by atoms with Crippen LogP contribution in [0.1, 0.15) is 32.7 Å². The molecule has 1 aliphatic rings. The van der Waals surface area contributed by atoms with Gasteiger partial charge in [-0.05, 0) is 67.4 Å². The fourth-order valence-corrected chi connectivity index (χ4v) is 4.74. The number of aryl methyl sites for hydroxylation is 1. The minimum absolute atomic E-state index is 0.195. The van der Waals surface area contributed by atoms with Crippen LogP contribution in [0.5, 0.6) is 11.6 Å². The van der Waals surface area contributed by atoms with Crippen molar-refractivity contribution < 1.29 is 9.53 Å². The first kappa shape index (κ1) is 22.1. The van der Waals surface area contributed by atoms with Crippen LogP contribution in [0.25, 0.3) is 16.6 Å². The predicted molar refractivity (Wildman–Crippen MR) is 139 cm³/mol. The van der Waals surface area contributed by atoms with E-state index in [0.29, 0.717) is 28.6 Å². The van der Waals surface area contributed by atoms with E-state index in [1.165, 1.54) is 17.3 Å². The van der Waals surface area contributed by atoms with E-state index < -0.39 is 0 Å². The molecule has 0 fully saturated rings. The lowest BCUT2D eigenvalue weighted by Gasteiger charge is -2.24. The van der Waals surface area contributed by atoms with Gasteiger partial charge in [-0.3, -0.25) is 4.79 Å². The quantitative estimate of drug-likeness (QED) is 0.357. The number of nitrogen functional groups attached to an aromatic ring is 1. The number of benzene rings is 2. The summed E-state index contributed by atoms with van der Waals surface area (Å²) in [7, 11) is 2.12. The molecule has 1 aliphatic heterocycles. The molecule has 8 nitrogen and oxygen atoms in total. The van der Waals surface area contributed by atoms with Gasteiger partial charge in [0.05, 0.1) is 29.3 Å². The van der Waals surface area contributed by atoms with Gasteiger partial charge in [0.25, 0.3) is 0 Å². The molecule has 36 heavy (non-hydrogen) atoms. The molecule has 0 saturated carbocycles. The Morgan fingerprint density at radius 3 is 2.72 bits per heavy atom. The molecule has 2 aromatic carbocycles. The van der Waals surface area contributed by atoms with E-state index in [4.69, 9.17) is 10.5 Å². The van der Waals surface area contributed by atoms with E-state index in [2.05, 4.69) is 39.1 Å². The zero-order valence-corrected chi connectivity index (χ0v) is 20.2. The van der Waals surface area contributed by atoms with Gasteiger partial charge in [0.1, 0.15) is 11.6 Å². The van der Waals surface area contributed by atoms with E-state index in [9.17, 15) is 4.79 Å². The summed E-state index contributed by atoms with van der Waals surface area (Å²) in [6.45, 7) is 3.88. The van der Waals surface area contributed by atoms with E-state index in [0.717, 1.165) is 36.0 Å². The number of hydrogen-bond acceptors (Lipinski definition) is 6. The summed E-state index contributed by atoms with van der Waals surface area (Å²) in [5, 5.41) is 5.43. The van der Waals surface area contributed by atoms with Gasteiger partial charge in [-0.15, -0.1) is 0 Å². The number of nitrogens with two attached hydrogens (primary N) is 1. The summed E-state index contributed by atoms with van der Waals surface area (Å²) in [5.41, 5.74) is 12.4. The minimum Gasteiger partial charge on any atom is -0.439 e. The number of ether oxygens (including phenoxy) is 1. The van der Waals surface area contributed by atoms with Crippen LogP contribution >= 0.6 is 0 Å². The Balaban J connectivity index is 1.28. The summed E-state index contributed by atoms with van der Waals surface area (Å²) >= 11 is 0. The minimum atomic E-state index is -0.195. The maximum absolute atomic E-state index is 13.4. The number of rotatable bonds is 5. The molecule has 0 amide bonds. The maximum atomic E-state index is 13.4. The van der Waals surface area contributed by atoms with Gasteiger partial charge < -0.3 is 20.4 Å². The molecule has 4 heterocycles. The van der Waals surface area contributed by atoms with Crippen molar-refractivity contribution in [2.75, 3.05) is 19.3 Å². The summed E-state index contributed by atoms with van der Waals surface area (Å²) in [5.74, 6) is 1.24. The normalized spacial score (nSPS) is 13.6. The van der Waals surface area contributed by atoms with Crippen LogP contribution in [0.2, 0.25) is 0 Å². The fourth-order valence-electron chi connectivity index (χ4n) is 4.74. The molecule has 0 radical (unpaired) electrons. The number of carbonyl (C=O) groups excluding carboxylic acids is 1. The fraction of sp³-hybridized carbons (Fsp3) is 0.179. The maximum Gasteiger partial charge on any atom is 0.219 e. The second kappa shape index (κ2) is 8.66. The van der Waals surface area contributed by atoms with Crippen LogP contribution in [0.3, 0.4) is 0 Å². The third-order valence-corrected chi connectivity index (χ3v) is 6.69. The van der Waals surface area contributed by atoms with Crippen molar-refractivity contribution in [2.45, 2.75) is 19.9 Å². The van der Waals surface area contributed by atoms with Gasteiger partial charge >= 0.3 is 0 Å².